The van der Waals surface area contributed by atoms with Crippen molar-refractivity contribution in [2.45, 2.75) is 0 Å². The van der Waals surface area contributed by atoms with Crippen molar-refractivity contribution >= 4 is 16.9 Å². The quantitative estimate of drug-likeness (QED) is 0.600. The zero-order valence-electron chi connectivity index (χ0n) is 7.44. The molecular weight excluding hydrogens is 220 g/mol. The molecular formula is C10H6ClO4-. The Balaban J connectivity index is 0.00000112. The number of aromatic carboxylic acids is 1. The van der Waals surface area contributed by atoms with Gasteiger partial charge in [-0.3, -0.25) is 0 Å². The second-order valence-electron chi connectivity index (χ2n) is 2.79. The van der Waals surface area contributed by atoms with Crippen LogP contribution in [0.5, 0.6) is 0 Å². The summed E-state index contributed by atoms with van der Waals surface area (Å²) >= 11 is 0. The largest absolute Gasteiger partial charge is 1.00 e. The molecule has 15 heavy (non-hydrogen) atoms. The van der Waals surface area contributed by atoms with Gasteiger partial charge in [0.25, 0.3) is 0 Å². The summed E-state index contributed by atoms with van der Waals surface area (Å²) in [5.41, 5.74) is -0.776. The Bertz CT molecular complexity index is 559. The van der Waals surface area contributed by atoms with E-state index in [0.717, 1.165) is 0 Å². The summed E-state index contributed by atoms with van der Waals surface area (Å²) in [6, 6.07) is 8.07. The van der Waals surface area contributed by atoms with Crippen LogP contribution in [0.15, 0.2) is 39.5 Å². The topological polar surface area (TPSA) is 67.5 Å². The van der Waals surface area contributed by atoms with E-state index in [1.165, 1.54) is 6.07 Å². The van der Waals surface area contributed by atoms with Crippen molar-refractivity contribution in [3.05, 3.63) is 46.3 Å². The van der Waals surface area contributed by atoms with E-state index in [1.54, 1.807) is 24.3 Å². The zero-order valence-corrected chi connectivity index (χ0v) is 8.19. The molecule has 5 heteroatoms. The van der Waals surface area contributed by atoms with Crippen LogP contribution in [0.3, 0.4) is 0 Å². The molecule has 0 aliphatic rings. The lowest BCUT2D eigenvalue weighted by Crippen LogP contribution is -3.00. The number of benzene rings is 1. The minimum atomic E-state index is -1.27. The van der Waals surface area contributed by atoms with Gasteiger partial charge in [-0.15, -0.1) is 0 Å². The molecule has 1 N–H and O–H groups in total. The Morgan fingerprint density at radius 2 is 1.93 bits per heavy atom. The number of hydrogen-bond donors (Lipinski definition) is 1. The molecule has 0 amide bonds. The molecule has 0 atom stereocenters. The molecule has 2 rings (SSSR count). The highest BCUT2D eigenvalue weighted by Gasteiger charge is 2.10. The summed E-state index contributed by atoms with van der Waals surface area (Å²) in [7, 11) is 0. The average Bonchev–Trinajstić information content (AvgIpc) is 2.16. The van der Waals surface area contributed by atoms with Gasteiger partial charge in [-0.1, -0.05) is 18.2 Å². The number of carbonyl (C=O) groups is 1. The van der Waals surface area contributed by atoms with Gasteiger partial charge in [0, 0.05) is 5.39 Å². The van der Waals surface area contributed by atoms with Crippen molar-refractivity contribution in [3.63, 3.8) is 0 Å². The molecule has 1 aromatic heterocycles. The monoisotopic (exact) mass is 225 g/mol. The first kappa shape index (κ1) is 11.3. The average molecular weight is 226 g/mol. The van der Waals surface area contributed by atoms with Gasteiger partial charge in [-0.25, -0.2) is 9.59 Å². The molecule has 0 aliphatic carbocycles. The number of hydrogen-bond acceptors (Lipinski definition) is 3. The normalized spacial score (nSPS) is 9.60. The lowest BCUT2D eigenvalue weighted by Gasteiger charge is -1.96. The highest BCUT2D eigenvalue weighted by Crippen LogP contribution is 2.12. The van der Waals surface area contributed by atoms with Gasteiger partial charge in [0.05, 0.1) is 0 Å². The van der Waals surface area contributed by atoms with Gasteiger partial charge < -0.3 is 21.9 Å². The third kappa shape index (κ3) is 1.99. The molecule has 0 spiro atoms. The molecule has 0 saturated heterocycles. The number of fused-ring (bicyclic) bond motifs is 1. The summed E-state index contributed by atoms with van der Waals surface area (Å²) in [5.74, 6) is -1.27. The van der Waals surface area contributed by atoms with Crippen LogP contribution in [0.2, 0.25) is 0 Å². The number of carboxylic acids is 1. The molecule has 1 heterocycles. The van der Waals surface area contributed by atoms with E-state index in [2.05, 4.69) is 0 Å². The predicted molar refractivity (Wildman–Crippen MR) is 49.4 cm³/mol. The Hall–Kier alpha value is -1.81. The smallest absolute Gasteiger partial charge is 0.351 e. The van der Waals surface area contributed by atoms with Crippen molar-refractivity contribution < 1.29 is 26.7 Å². The molecule has 1 aromatic carbocycles. The van der Waals surface area contributed by atoms with E-state index < -0.39 is 11.6 Å². The second-order valence-corrected chi connectivity index (χ2v) is 2.79. The minimum absolute atomic E-state index is 0. The van der Waals surface area contributed by atoms with E-state index in [-0.39, 0.29) is 18.0 Å². The fraction of sp³-hybridized carbons (Fsp3) is 0. The minimum Gasteiger partial charge on any atom is -1.00 e. The number of rotatable bonds is 1. The van der Waals surface area contributed by atoms with E-state index >= 15 is 0 Å². The van der Waals surface area contributed by atoms with Crippen LogP contribution >= 0.6 is 0 Å². The zero-order chi connectivity index (χ0) is 10.1. The Kier molecular flexibility index (Phi) is 3.11. The van der Waals surface area contributed by atoms with Crippen LogP contribution in [-0.2, 0) is 0 Å². The summed E-state index contributed by atoms with van der Waals surface area (Å²) < 4.78 is 4.82. The van der Waals surface area contributed by atoms with Gasteiger partial charge in [-0.2, -0.15) is 0 Å². The van der Waals surface area contributed by atoms with Gasteiger partial charge in [0.1, 0.15) is 11.1 Å². The van der Waals surface area contributed by atoms with Crippen LogP contribution in [0.25, 0.3) is 11.0 Å². The molecule has 0 aliphatic heterocycles. The lowest BCUT2D eigenvalue weighted by molar-refractivity contribution is -0.0000194. The van der Waals surface area contributed by atoms with E-state index in [0.29, 0.717) is 11.0 Å². The van der Waals surface area contributed by atoms with Gasteiger partial charge in [0.2, 0.25) is 0 Å². The molecule has 4 nitrogen and oxygen atoms in total. The maximum Gasteiger partial charge on any atom is 0.351 e. The highest BCUT2D eigenvalue weighted by atomic mass is 35.5. The predicted octanol–water partition coefficient (Wildman–Crippen LogP) is -1.50. The van der Waals surface area contributed by atoms with Crippen molar-refractivity contribution in [2.75, 3.05) is 0 Å². The second kappa shape index (κ2) is 4.14. The Labute approximate surface area is 90.6 Å². The SMILES string of the molecule is O=C(O)c1cc2ccccc2oc1=O.[Cl-]. The van der Waals surface area contributed by atoms with Gasteiger partial charge >= 0.3 is 11.6 Å². The number of halogens is 1. The third-order valence-electron chi connectivity index (χ3n) is 1.87. The summed E-state index contributed by atoms with van der Waals surface area (Å²) in [4.78, 5) is 21.7. The number of carboxylic acid groups (broad SMARTS) is 1. The van der Waals surface area contributed by atoms with Gasteiger partial charge in [0.15, 0.2) is 0 Å². The maximum atomic E-state index is 11.1. The van der Waals surface area contributed by atoms with Crippen LogP contribution in [-0.4, -0.2) is 11.1 Å². The highest BCUT2D eigenvalue weighted by molar-refractivity contribution is 5.91. The van der Waals surface area contributed by atoms with Crippen molar-refractivity contribution in [3.8, 4) is 0 Å². The first-order valence-corrected chi connectivity index (χ1v) is 3.94. The molecule has 0 fully saturated rings. The Morgan fingerprint density at radius 3 is 2.60 bits per heavy atom. The summed E-state index contributed by atoms with van der Waals surface area (Å²) in [6.07, 6.45) is 0. The van der Waals surface area contributed by atoms with E-state index in [9.17, 15) is 9.59 Å². The standard InChI is InChI=1S/C10H6O4.ClH/c11-9(12)7-5-6-3-1-2-4-8(6)14-10(7)13;/h1-5H,(H,11,12);1H/p-1. The van der Waals surface area contributed by atoms with Crippen LogP contribution in [0.1, 0.15) is 10.4 Å². The first-order valence-electron chi connectivity index (χ1n) is 3.94. The molecule has 78 valence electrons. The first-order chi connectivity index (χ1) is 6.68. The van der Waals surface area contributed by atoms with Crippen molar-refractivity contribution in [1.82, 2.24) is 0 Å². The van der Waals surface area contributed by atoms with Crippen LogP contribution in [0, 0.1) is 0 Å². The lowest BCUT2D eigenvalue weighted by atomic mass is 10.2. The van der Waals surface area contributed by atoms with Crippen LogP contribution in [0.4, 0.5) is 0 Å². The maximum absolute atomic E-state index is 11.1. The summed E-state index contributed by atoms with van der Waals surface area (Å²) in [6.45, 7) is 0. The van der Waals surface area contributed by atoms with Gasteiger partial charge in [-0.05, 0) is 12.1 Å². The third-order valence-corrected chi connectivity index (χ3v) is 1.87. The van der Waals surface area contributed by atoms with E-state index in [1.807, 2.05) is 0 Å². The fourth-order valence-corrected chi connectivity index (χ4v) is 1.21. The number of para-hydroxylation sites is 1. The molecule has 0 saturated carbocycles. The van der Waals surface area contributed by atoms with Crippen molar-refractivity contribution in [2.24, 2.45) is 0 Å². The molecule has 0 unspecified atom stereocenters. The van der Waals surface area contributed by atoms with Crippen molar-refractivity contribution in [1.29, 1.82) is 0 Å². The summed E-state index contributed by atoms with van der Waals surface area (Å²) in [5, 5.41) is 9.27. The van der Waals surface area contributed by atoms with E-state index in [4.69, 9.17) is 9.52 Å². The fourth-order valence-electron chi connectivity index (χ4n) is 1.21. The van der Waals surface area contributed by atoms with Crippen LogP contribution < -0.4 is 18.0 Å². The molecule has 0 bridgehead atoms. The molecule has 2 aromatic rings. The Morgan fingerprint density at radius 1 is 1.27 bits per heavy atom. The molecule has 0 radical (unpaired) electrons.